The van der Waals surface area contributed by atoms with Gasteiger partial charge in [-0.1, -0.05) is 11.3 Å². The number of methoxy groups -OCH3 is 1. The Kier molecular flexibility index (Phi) is 4.36. The van der Waals surface area contributed by atoms with Crippen LogP contribution < -0.4 is 4.90 Å². The summed E-state index contributed by atoms with van der Waals surface area (Å²) in [6.45, 7) is 1.84. The van der Waals surface area contributed by atoms with Gasteiger partial charge >= 0.3 is 0 Å². The van der Waals surface area contributed by atoms with Crippen LogP contribution in [0.2, 0.25) is 0 Å². The van der Waals surface area contributed by atoms with Crippen LogP contribution in [-0.4, -0.2) is 37.4 Å². The summed E-state index contributed by atoms with van der Waals surface area (Å²) in [5.41, 5.74) is 1.13. The van der Waals surface area contributed by atoms with Crippen molar-refractivity contribution in [3.63, 3.8) is 0 Å². The van der Waals surface area contributed by atoms with Crippen molar-refractivity contribution in [1.82, 2.24) is 4.98 Å². The summed E-state index contributed by atoms with van der Waals surface area (Å²) in [5, 5.41) is 10.4. The van der Waals surface area contributed by atoms with E-state index in [0.717, 1.165) is 35.3 Å². The third-order valence-corrected chi connectivity index (χ3v) is 4.16. The highest BCUT2D eigenvalue weighted by Crippen LogP contribution is 2.44. The van der Waals surface area contributed by atoms with Crippen molar-refractivity contribution in [3.05, 3.63) is 10.6 Å². The molecule has 0 unspecified atom stereocenters. The Balaban J connectivity index is 1.99. The molecule has 1 aliphatic rings. The standard InChI is InChI=1S/C12H20N2O2S/c1-14(6-3-7-16-2)12-13-11(9-4-5-9)10(8-15)17-12/h9,15H,3-8H2,1-2H3. The van der Waals surface area contributed by atoms with Crippen LogP contribution in [0.5, 0.6) is 0 Å². The third-order valence-electron chi connectivity index (χ3n) is 2.99. The highest BCUT2D eigenvalue weighted by molar-refractivity contribution is 7.15. The molecule has 4 nitrogen and oxygen atoms in total. The predicted molar refractivity (Wildman–Crippen MR) is 69.8 cm³/mol. The van der Waals surface area contributed by atoms with E-state index in [1.54, 1.807) is 18.4 Å². The lowest BCUT2D eigenvalue weighted by molar-refractivity contribution is 0.196. The molecular formula is C12H20N2O2S. The largest absolute Gasteiger partial charge is 0.391 e. The average Bonchev–Trinajstić information content (AvgIpc) is 3.08. The summed E-state index contributed by atoms with van der Waals surface area (Å²) in [6, 6.07) is 0. The van der Waals surface area contributed by atoms with Crippen molar-refractivity contribution in [3.8, 4) is 0 Å². The Hall–Kier alpha value is -0.650. The summed E-state index contributed by atoms with van der Waals surface area (Å²) in [7, 11) is 3.77. The predicted octanol–water partition coefficient (Wildman–Crippen LogP) is 1.99. The highest BCUT2D eigenvalue weighted by Gasteiger charge is 2.29. The van der Waals surface area contributed by atoms with E-state index >= 15 is 0 Å². The van der Waals surface area contributed by atoms with E-state index in [0.29, 0.717) is 5.92 Å². The van der Waals surface area contributed by atoms with E-state index in [-0.39, 0.29) is 6.61 Å². The lowest BCUT2D eigenvalue weighted by Gasteiger charge is -2.14. The molecule has 1 saturated carbocycles. The van der Waals surface area contributed by atoms with Gasteiger partial charge in [0.05, 0.1) is 17.2 Å². The van der Waals surface area contributed by atoms with Gasteiger partial charge in [0.15, 0.2) is 5.13 Å². The molecule has 1 aromatic heterocycles. The van der Waals surface area contributed by atoms with Crippen LogP contribution in [0.1, 0.15) is 35.8 Å². The van der Waals surface area contributed by atoms with Gasteiger partial charge < -0.3 is 14.7 Å². The van der Waals surface area contributed by atoms with Gasteiger partial charge in [-0.2, -0.15) is 0 Å². The summed E-state index contributed by atoms with van der Waals surface area (Å²) in [5.74, 6) is 0.606. The van der Waals surface area contributed by atoms with Gasteiger partial charge in [0.2, 0.25) is 0 Å². The van der Waals surface area contributed by atoms with E-state index in [4.69, 9.17) is 4.74 Å². The van der Waals surface area contributed by atoms with Crippen LogP contribution in [0, 0.1) is 0 Å². The van der Waals surface area contributed by atoms with E-state index < -0.39 is 0 Å². The fourth-order valence-electron chi connectivity index (χ4n) is 1.84. The highest BCUT2D eigenvalue weighted by atomic mass is 32.1. The summed E-state index contributed by atoms with van der Waals surface area (Å²) in [6.07, 6.45) is 3.45. The number of aliphatic hydroxyl groups excluding tert-OH is 1. The van der Waals surface area contributed by atoms with Gasteiger partial charge in [-0.25, -0.2) is 4.98 Å². The first-order valence-electron chi connectivity index (χ1n) is 6.06. The summed E-state index contributed by atoms with van der Waals surface area (Å²) >= 11 is 1.62. The summed E-state index contributed by atoms with van der Waals surface area (Å²) in [4.78, 5) is 7.86. The van der Waals surface area contributed by atoms with Gasteiger partial charge in [0, 0.05) is 33.2 Å². The Labute approximate surface area is 106 Å². The summed E-state index contributed by atoms with van der Waals surface area (Å²) < 4.78 is 5.04. The van der Waals surface area contributed by atoms with Crippen LogP contribution in [0.15, 0.2) is 0 Å². The maximum absolute atomic E-state index is 9.34. The van der Waals surface area contributed by atoms with Crippen molar-refractivity contribution >= 4 is 16.5 Å². The molecular weight excluding hydrogens is 236 g/mol. The van der Waals surface area contributed by atoms with Crippen LogP contribution in [0.4, 0.5) is 5.13 Å². The number of aliphatic hydroxyl groups is 1. The Bertz CT molecular complexity index is 363. The Morgan fingerprint density at radius 3 is 2.88 bits per heavy atom. The minimum Gasteiger partial charge on any atom is -0.391 e. The van der Waals surface area contributed by atoms with Gasteiger partial charge in [-0.15, -0.1) is 0 Å². The smallest absolute Gasteiger partial charge is 0.185 e. The second kappa shape index (κ2) is 5.80. The number of rotatable bonds is 7. The molecule has 0 bridgehead atoms. The molecule has 0 saturated heterocycles. The van der Waals surface area contributed by atoms with Gasteiger partial charge in [-0.3, -0.25) is 0 Å². The number of hydrogen-bond donors (Lipinski definition) is 1. The molecule has 0 amide bonds. The molecule has 17 heavy (non-hydrogen) atoms. The molecule has 0 spiro atoms. The van der Waals surface area contributed by atoms with Crippen molar-refractivity contribution in [1.29, 1.82) is 0 Å². The molecule has 2 rings (SSSR count). The molecule has 1 N–H and O–H groups in total. The lowest BCUT2D eigenvalue weighted by Crippen LogP contribution is -2.19. The van der Waals surface area contributed by atoms with Crippen LogP contribution in [-0.2, 0) is 11.3 Å². The molecule has 1 heterocycles. The maximum Gasteiger partial charge on any atom is 0.185 e. The van der Waals surface area contributed by atoms with Crippen molar-refractivity contribution in [2.45, 2.75) is 31.8 Å². The van der Waals surface area contributed by atoms with Crippen LogP contribution >= 0.6 is 11.3 Å². The average molecular weight is 256 g/mol. The molecule has 0 aromatic carbocycles. The van der Waals surface area contributed by atoms with E-state index in [9.17, 15) is 5.11 Å². The number of thiazole rings is 1. The number of ether oxygens (including phenoxy) is 1. The third kappa shape index (κ3) is 3.18. The molecule has 1 aliphatic carbocycles. The van der Waals surface area contributed by atoms with Crippen molar-refractivity contribution < 1.29 is 9.84 Å². The number of hydrogen-bond acceptors (Lipinski definition) is 5. The molecule has 0 aliphatic heterocycles. The monoisotopic (exact) mass is 256 g/mol. The minimum absolute atomic E-state index is 0.120. The number of anilines is 1. The molecule has 96 valence electrons. The number of nitrogens with zero attached hydrogens (tertiary/aromatic N) is 2. The van der Waals surface area contributed by atoms with Gasteiger partial charge in [0.1, 0.15) is 0 Å². The molecule has 1 fully saturated rings. The first-order chi connectivity index (χ1) is 8.26. The van der Waals surface area contributed by atoms with Crippen LogP contribution in [0.3, 0.4) is 0 Å². The SMILES string of the molecule is COCCCN(C)c1nc(C2CC2)c(CO)s1. The van der Waals surface area contributed by atoms with E-state index in [2.05, 4.69) is 9.88 Å². The quantitative estimate of drug-likeness (QED) is 0.758. The molecule has 0 radical (unpaired) electrons. The topological polar surface area (TPSA) is 45.6 Å². The first-order valence-corrected chi connectivity index (χ1v) is 6.88. The Morgan fingerprint density at radius 1 is 1.53 bits per heavy atom. The van der Waals surface area contributed by atoms with Gasteiger partial charge in [-0.05, 0) is 19.3 Å². The fourth-order valence-corrected chi connectivity index (χ4v) is 2.84. The Morgan fingerprint density at radius 2 is 2.29 bits per heavy atom. The molecule has 1 aromatic rings. The lowest BCUT2D eigenvalue weighted by atomic mass is 10.2. The molecule has 0 atom stereocenters. The van der Waals surface area contributed by atoms with Crippen molar-refractivity contribution in [2.75, 3.05) is 32.2 Å². The minimum atomic E-state index is 0.120. The van der Waals surface area contributed by atoms with Crippen LogP contribution in [0.25, 0.3) is 0 Å². The zero-order valence-corrected chi connectivity index (χ0v) is 11.3. The zero-order chi connectivity index (χ0) is 12.3. The molecule has 5 heteroatoms. The second-order valence-corrected chi connectivity index (χ2v) is 5.57. The second-order valence-electron chi connectivity index (χ2n) is 4.51. The van der Waals surface area contributed by atoms with Gasteiger partial charge in [0.25, 0.3) is 0 Å². The van der Waals surface area contributed by atoms with Crippen molar-refractivity contribution in [2.24, 2.45) is 0 Å². The normalized spacial score (nSPS) is 15.2. The van der Waals surface area contributed by atoms with E-state index in [1.807, 2.05) is 7.05 Å². The fraction of sp³-hybridized carbons (Fsp3) is 0.750. The first kappa shape index (κ1) is 12.8. The zero-order valence-electron chi connectivity index (χ0n) is 10.5. The number of aromatic nitrogens is 1. The maximum atomic E-state index is 9.34. The van der Waals surface area contributed by atoms with E-state index in [1.165, 1.54) is 12.8 Å².